The molecule has 5 nitrogen and oxygen atoms in total. The Kier molecular flexibility index (Phi) is 4.10. The zero-order valence-electron chi connectivity index (χ0n) is 10.8. The van der Waals surface area contributed by atoms with E-state index < -0.39 is 11.7 Å². The van der Waals surface area contributed by atoms with Crippen molar-refractivity contribution in [3.8, 4) is 5.75 Å². The molecule has 0 radical (unpaired) electrons. The van der Waals surface area contributed by atoms with Gasteiger partial charge in [-0.1, -0.05) is 11.6 Å². The van der Waals surface area contributed by atoms with Crippen LogP contribution in [0.25, 0.3) is 0 Å². The molecule has 104 valence electrons. The van der Waals surface area contributed by atoms with E-state index in [4.69, 9.17) is 21.1 Å². The summed E-state index contributed by atoms with van der Waals surface area (Å²) in [6, 6.07) is 1.58. The molecular weight excluding hydrogens is 382 g/mol. The first kappa shape index (κ1) is 14.6. The van der Waals surface area contributed by atoms with Crippen molar-refractivity contribution < 1.29 is 14.3 Å². The summed E-state index contributed by atoms with van der Waals surface area (Å²) in [5, 5.41) is 3.09. The van der Waals surface area contributed by atoms with E-state index in [2.05, 4.69) is 32.9 Å². The van der Waals surface area contributed by atoms with E-state index in [1.54, 1.807) is 0 Å². The number of nitrogens with zero attached hydrogens (tertiary/aromatic N) is 1. The Morgan fingerprint density at radius 1 is 1.63 bits per heavy atom. The van der Waals surface area contributed by atoms with Crippen LogP contribution in [0, 0.1) is 3.70 Å². The highest BCUT2D eigenvalue weighted by atomic mass is 127. The predicted molar refractivity (Wildman–Crippen MR) is 79.6 cm³/mol. The normalized spacial score (nSPS) is 17.6. The van der Waals surface area contributed by atoms with Crippen molar-refractivity contribution in [2.45, 2.75) is 32.4 Å². The topological polar surface area (TPSA) is 60.5 Å². The molecule has 1 amide bonds. The first-order valence-corrected chi connectivity index (χ1v) is 7.20. The van der Waals surface area contributed by atoms with Crippen molar-refractivity contribution in [1.82, 2.24) is 10.3 Å². The van der Waals surface area contributed by atoms with Gasteiger partial charge in [-0.2, -0.15) is 0 Å². The molecule has 1 aromatic heterocycles. The first-order valence-electron chi connectivity index (χ1n) is 5.74. The fourth-order valence-electron chi connectivity index (χ4n) is 1.72. The fourth-order valence-corrected chi connectivity index (χ4v) is 2.69. The van der Waals surface area contributed by atoms with E-state index in [9.17, 15) is 4.79 Å². The van der Waals surface area contributed by atoms with Gasteiger partial charge in [-0.05, 0) is 49.4 Å². The number of alkyl carbamates (subject to hydrolysis) is 1. The highest BCUT2D eigenvalue weighted by Gasteiger charge is 2.30. The van der Waals surface area contributed by atoms with Crippen molar-refractivity contribution >= 4 is 40.3 Å². The van der Waals surface area contributed by atoms with Crippen molar-refractivity contribution in [3.05, 3.63) is 20.5 Å². The van der Waals surface area contributed by atoms with E-state index in [1.807, 2.05) is 26.8 Å². The number of rotatable bonds is 1. The molecule has 0 saturated carbocycles. The van der Waals surface area contributed by atoms with E-state index in [1.165, 1.54) is 0 Å². The minimum atomic E-state index is -0.531. The second-order valence-corrected chi connectivity index (χ2v) is 6.63. The third-order valence-electron chi connectivity index (χ3n) is 2.39. The summed E-state index contributed by atoms with van der Waals surface area (Å²) in [7, 11) is 0. The number of nitrogens with one attached hydrogen (secondary N) is 1. The maximum atomic E-state index is 11.8. The third-order valence-corrected chi connectivity index (χ3v) is 3.20. The molecule has 0 aromatic carbocycles. The standard InChI is InChI=1S/C12H14ClIN2O3/c1-12(2,3)19-11(17)15-7-5-18-9-6(7)4-8(14)16-10(9)13/h4,7H,5H2,1-3H3,(H,15,17). The van der Waals surface area contributed by atoms with Crippen LogP contribution in [-0.2, 0) is 4.74 Å². The molecule has 1 N–H and O–H groups in total. The van der Waals surface area contributed by atoms with Crippen molar-refractivity contribution in [1.29, 1.82) is 0 Å². The van der Waals surface area contributed by atoms with E-state index in [0.29, 0.717) is 17.5 Å². The summed E-state index contributed by atoms with van der Waals surface area (Å²) in [5.41, 5.74) is 0.298. The van der Waals surface area contributed by atoms with E-state index in [0.717, 1.165) is 9.26 Å². The molecular formula is C12H14ClIN2O3. The van der Waals surface area contributed by atoms with Gasteiger partial charge in [0, 0.05) is 5.56 Å². The number of fused-ring (bicyclic) bond motifs is 1. The Hall–Kier alpha value is -0.760. The third kappa shape index (κ3) is 3.62. The van der Waals surface area contributed by atoms with Crippen molar-refractivity contribution in [2.75, 3.05) is 6.61 Å². The average Bonchev–Trinajstić information content (AvgIpc) is 2.58. The summed E-state index contributed by atoms with van der Waals surface area (Å²) in [6.07, 6.45) is -0.475. The highest BCUT2D eigenvalue weighted by molar-refractivity contribution is 14.1. The second-order valence-electron chi connectivity index (χ2n) is 5.16. The first-order chi connectivity index (χ1) is 8.76. The molecule has 1 aromatic rings. The van der Waals surface area contributed by atoms with Gasteiger partial charge in [0.2, 0.25) is 0 Å². The second kappa shape index (κ2) is 5.32. The zero-order chi connectivity index (χ0) is 14.2. The van der Waals surface area contributed by atoms with Gasteiger partial charge < -0.3 is 14.8 Å². The molecule has 1 unspecified atom stereocenters. The Morgan fingerprint density at radius 3 is 2.95 bits per heavy atom. The number of halogens is 2. The van der Waals surface area contributed by atoms with Gasteiger partial charge in [0.1, 0.15) is 15.9 Å². The lowest BCUT2D eigenvalue weighted by molar-refractivity contribution is 0.0497. The zero-order valence-corrected chi connectivity index (χ0v) is 13.7. The minimum absolute atomic E-state index is 0.265. The molecule has 7 heteroatoms. The molecule has 1 aliphatic rings. The van der Waals surface area contributed by atoms with Crippen LogP contribution in [0.4, 0.5) is 4.79 Å². The number of pyridine rings is 1. The summed E-state index contributed by atoms with van der Waals surface area (Å²) >= 11 is 8.07. The number of hydrogen-bond donors (Lipinski definition) is 1. The van der Waals surface area contributed by atoms with E-state index >= 15 is 0 Å². The van der Waals surface area contributed by atoms with Gasteiger partial charge in [0.15, 0.2) is 10.9 Å². The molecule has 0 spiro atoms. The van der Waals surface area contributed by atoms with Crippen LogP contribution in [0.2, 0.25) is 5.15 Å². The maximum absolute atomic E-state index is 11.8. The van der Waals surface area contributed by atoms with Crippen LogP contribution < -0.4 is 10.1 Å². The lowest BCUT2D eigenvalue weighted by Gasteiger charge is -2.21. The Bertz CT molecular complexity index is 516. The van der Waals surface area contributed by atoms with E-state index in [-0.39, 0.29) is 6.04 Å². The number of carbonyl (C=O) groups is 1. The molecule has 1 aliphatic heterocycles. The quantitative estimate of drug-likeness (QED) is 0.584. The average molecular weight is 397 g/mol. The number of aromatic nitrogens is 1. The highest BCUT2D eigenvalue weighted by Crippen LogP contribution is 2.38. The van der Waals surface area contributed by atoms with Crippen LogP contribution in [-0.4, -0.2) is 23.3 Å². The van der Waals surface area contributed by atoms with Crippen LogP contribution in [0.15, 0.2) is 6.07 Å². The smallest absolute Gasteiger partial charge is 0.408 e. The summed E-state index contributed by atoms with van der Waals surface area (Å²) in [6.45, 7) is 5.77. The van der Waals surface area contributed by atoms with Crippen LogP contribution in [0.1, 0.15) is 32.4 Å². The van der Waals surface area contributed by atoms with Crippen molar-refractivity contribution in [3.63, 3.8) is 0 Å². The lowest BCUT2D eigenvalue weighted by atomic mass is 10.1. The van der Waals surface area contributed by atoms with Gasteiger partial charge in [-0.25, -0.2) is 9.78 Å². The molecule has 0 bridgehead atoms. The van der Waals surface area contributed by atoms with Crippen molar-refractivity contribution in [2.24, 2.45) is 0 Å². The van der Waals surface area contributed by atoms with Gasteiger partial charge in [0.05, 0.1) is 6.04 Å². The Labute approximate surface area is 130 Å². The Morgan fingerprint density at radius 2 is 2.32 bits per heavy atom. The van der Waals surface area contributed by atoms with Crippen LogP contribution in [0.3, 0.4) is 0 Å². The SMILES string of the molecule is CC(C)(C)OC(=O)NC1COc2c1cc(I)nc2Cl. The minimum Gasteiger partial charge on any atom is -0.487 e. The van der Waals surface area contributed by atoms with Crippen LogP contribution >= 0.6 is 34.2 Å². The molecule has 2 heterocycles. The molecule has 0 saturated heterocycles. The van der Waals surface area contributed by atoms with Crippen LogP contribution in [0.5, 0.6) is 5.75 Å². The number of amides is 1. The van der Waals surface area contributed by atoms with Gasteiger partial charge >= 0.3 is 6.09 Å². The molecule has 2 rings (SSSR count). The molecule has 19 heavy (non-hydrogen) atoms. The molecule has 0 aliphatic carbocycles. The predicted octanol–water partition coefficient (Wildman–Crippen LogP) is 3.30. The molecule has 1 atom stereocenters. The lowest BCUT2D eigenvalue weighted by Crippen LogP contribution is -2.35. The monoisotopic (exact) mass is 396 g/mol. The molecule has 0 fully saturated rings. The van der Waals surface area contributed by atoms with Gasteiger partial charge in [0.25, 0.3) is 0 Å². The summed E-state index contributed by atoms with van der Waals surface area (Å²) in [4.78, 5) is 15.9. The fraction of sp³-hybridized carbons (Fsp3) is 0.500. The summed E-state index contributed by atoms with van der Waals surface area (Å²) < 4.78 is 11.4. The summed E-state index contributed by atoms with van der Waals surface area (Å²) in [5.74, 6) is 0.531. The number of carbonyl (C=O) groups excluding carboxylic acids is 1. The largest absolute Gasteiger partial charge is 0.487 e. The number of ether oxygens (including phenoxy) is 2. The Balaban J connectivity index is 2.13. The van der Waals surface area contributed by atoms with Gasteiger partial charge in [-0.3, -0.25) is 0 Å². The maximum Gasteiger partial charge on any atom is 0.408 e. The van der Waals surface area contributed by atoms with Gasteiger partial charge in [-0.15, -0.1) is 0 Å². The number of hydrogen-bond acceptors (Lipinski definition) is 4.